The summed E-state index contributed by atoms with van der Waals surface area (Å²) < 4.78 is 7.63. The number of carbonyl (C=O) groups is 1. The van der Waals surface area contributed by atoms with Crippen LogP contribution in [0.2, 0.25) is 0 Å². The molecule has 136 valence electrons. The minimum atomic E-state index is -0.196. The summed E-state index contributed by atoms with van der Waals surface area (Å²) in [5.74, 6) is 0.528. The summed E-state index contributed by atoms with van der Waals surface area (Å²) in [5, 5.41) is 4.88. The predicted octanol–water partition coefficient (Wildman–Crippen LogP) is 4.70. The van der Waals surface area contributed by atoms with Crippen LogP contribution in [0.25, 0.3) is 16.2 Å². The molecule has 0 atom stereocenters. The summed E-state index contributed by atoms with van der Waals surface area (Å²) >= 11 is 1.59. The summed E-state index contributed by atoms with van der Waals surface area (Å²) in [6, 6.07) is 13.6. The third kappa shape index (κ3) is 3.85. The summed E-state index contributed by atoms with van der Waals surface area (Å²) in [4.78, 5) is 17.8. The van der Waals surface area contributed by atoms with E-state index in [1.165, 1.54) is 5.56 Å². The molecule has 0 radical (unpaired) electrons. The summed E-state index contributed by atoms with van der Waals surface area (Å²) in [6.45, 7) is 3.97. The topological polar surface area (TPSA) is 55.6 Å². The van der Waals surface area contributed by atoms with E-state index in [4.69, 9.17) is 4.74 Å². The largest absolute Gasteiger partial charge is 0.483 e. The Labute approximate surface area is 161 Å². The molecule has 5 nitrogen and oxygen atoms in total. The number of thiazole rings is 1. The Morgan fingerprint density at radius 3 is 2.93 bits per heavy atom. The maximum atomic E-state index is 12.3. The number of nitrogens with zero attached hydrogens (tertiary/aromatic N) is 2. The molecule has 0 unspecified atom stereocenters. The van der Waals surface area contributed by atoms with Gasteiger partial charge in [0.05, 0.1) is 5.69 Å². The van der Waals surface area contributed by atoms with Crippen LogP contribution in [0.5, 0.6) is 5.75 Å². The molecule has 27 heavy (non-hydrogen) atoms. The van der Waals surface area contributed by atoms with Crippen molar-refractivity contribution in [1.82, 2.24) is 9.38 Å². The Kier molecular flexibility index (Phi) is 4.64. The van der Waals surface area contributed by atoms with Gasteiger partial charge in [-0.05, 0) is 37.6 Å². The number of ether oxygens (including phenoxy) is 1. The molecule has 0 fully saturated rings. The Balaban J connectivity index is 1.43. The molecule has 6 heteroatoms. The molecule has 0 aliphatic rings. The van der Waals surface area contributed by atoms with Gasteiger partial charge in [0.15, 0.2) is 11.6 Å². The van der Waals surface area contributed by atoms with E-state index in [0.29, 0.717) is 0 Å². The molecule has 0 aliphatic heterocycles. The van der Waals surface area contributed by atoms with Crippen molar-refractivity contribution >= 4 is 27.9 Å². The molecule has 1 amide bonds. The van der Waals surface area contributed by atoms with Crippen molar-refractivity contribution in [3.8, 4) is 17.0 Å². The fourth-order valence-corrected chi connectivity index (χ4v) is 3.62. The highest BCUT2D eigenvalue weighted by Crippen LogP contribution is 2.24. The molecular formula is C21H19N3O2S. The lowest BCUT2D eigenvalue weighted by Gasteiger charge is -2.10. The van der Waals surface area contributed by atoms with Gasteiger partial charge in [0.25, 0.3) is 5.91 Å². The van der Waals surface area contributed by atoms with Crippen molar-refractivity contribution in [2.75, 3.05) is 11.9 Å². The van der Waals surface area contributed by atoms with Crippen molar-refractivity contribution in [3.63, 3.8) is 0 Å². The van der Waals surface area contributed by atoms with Crippen LogP contribution < -0.4 is 10.1 Å². The number of rotatable bonds is 5. The van der Waals surface area contributed by atoms with Gasteiger partial charge in [0.2, 0.25) is 0 Å². The second-order valence-corrected chi connectivity index (χ2v) is 7.28. The van der Waals surface area contributed by atoms with Crippen LogP contribution >= 0.6 is 11.3 Å². The van der Waals surface area contributed by atoms with E-state index in [2.05, 4.69) is 10.3 Å². The maximum absolute atomic E-state index is 12.3. The van der Waals surface area contributed by atoms with Gasteiger partial charge in [0, 0.05) is 29.0 Å². The number of nitrogens with one attached hydrogen (secondary N) is 1. The van der Waals surface area contributed by atoms with E-state index in [1.807, 2.05) is 78.5 Å². The van der Waals surface area contributed by atoms with Crippen molar-refractivity contribution < 1.29 is 9.53 Å². The first-order chi connectivity index (χ1) is 13.1. The van der Waals surface area contributed by atoms with E-state index in [-0.39, 0.29) is 12.5 Å². The number of hydrogen-bond acceptors (Lipinski definition) is 4. The summed E-state index contributed by atoms with van der Waals surface area (Å²) in [5.41, 5.74) is 4.74. The van der Waals surface area contributed by atoms with Crippen LogP contribution in [0.1, 0.15) is 11.1 Å². The summed E-state index contributed by atoms with van der Waals surface area (Å²) in [7, 11) is 0. The number of imidazole rings is 1. The Bertz CT molecular complexity index is 1090. The molecule has 2 aromatic heterocycles. The smallest absolute Gasteiger partial charge is 0.262 e. The van der Waals surface area contributed by atoms with Gasteiger partial charge in [0.1, 0.15) is 5.75 Å². The van der Waals surface area contributed by atoms with Crippen LogP contribution in [0, 0.1) is 13.8 Å². The minimum Gasteiger partial charge on any atom is -0.483 e. The van der Waals surface area contributed by atoms with Gasteiger partial charge in [-0.15, -0.1) is 11.3 Å². The van der Waals surface area contributed by atoms with Gasteiger partial charge >= 0.3 is 0 Å². The molecular weight excluding hydrogens is 358 g/mol. The molecule has 1 N–H and O–H groups in total. The average molecular weight is 377 g/mol. The van der Waals surface area contributed by atoms with E-state index in [9.17, 15) is 4.79 Å². The standard InChI is InChI=1S/C21H19N3O2S/c1-14-6-7-19(15(2)10-14)26-13-20(25)22-17-5-3-4-16(11-17)18-12-24-8-9-27-21(24)23-18/h3-12H,13H2,1-2H3,(H,22,25). The first kappa shape index (κ1) is 17.3. The van der Waals surface area contributed by atoms with Crippen molar-refractivity contribution in [2.24, 2.45) is 0 Å². The third-order valence-electron chi connectivity index (χ3n) is 4.22. The highest BCUT2D eigenvalue weighted by atomic mass is 32.1. The Morgan fingerprint density at radius 1 is 1.22 bits per heavy atom. The molecule has 4 aromatic rings. The minimum absolute atomic E-state index is 0.0334. The fraction of sp³-hybridized carbons (Fsp3) is 0.143. The fourth-order valence-electron chi connectivity index (χ4n) is 2.92. The molecule has 2 aromatic carbocycles. The predicted molar refractivity (Wildman–Crippen MR) is 109 cm³/mol. The summed E-state index contributed by atoms with van der Waals surface area (Å²) in [6.07, 6.45) is 3.96. The molecule has 0 saturated heterocycles. The monoisotopic (exact) mass is 377 g/mol. The third-order valence-corrected chi connectivity index (χ3v) is 5.00. The van der Waals surface area contributed by atoms with Crippen LogP contribution in [-0.4, -0.2) is 21.9 Å². The van der Waals surface area contributed by atoms with Gasteiger partial charge in [-0.1, -0.05) is 29.8 Å². The lowest BCUT2D eigenvalue weighted by atomic mass is 10.1. The number of amides is 1. The van der Waals surface area contributed by atoms with Crippen LogP contribution in [0.4, 0.5) is 5.69 Å². The lowest BCUT2D eigenvalue weighted by molar-refractivity contribution is -0.118. The zero-order chi connectivity index (χ0) is 18.8. The molecule has 2 heterocycles. The Morgan fingerprint density at radius 2 is 2.11 bits per heavy atom. The molecule has 0 spiro atoms. The number of hydrogen-bond donors (Lipinski definition) is 1. The van der Waals surface area contributed by atoms with Gasteiger partial charge < -0.3 is 10.1 Å². The number of aryl methyl sites for hydroxylation is 2. The van der Waals surface area contributed by atoms with E-state index in [0.717, 1.165) is 33.2 Å². The molecule has 4 rings (SSSR count). The quantitative estimate of drug-likeness (QED) is 0.549. The zero-order valence-corrected chi connectivity index (χ0v) is 15.9. The van der Waals surface area contributed by atoms with E-state index < -0.39 is 0 Å². The van der Waals surface area contributed by atoms with E-state index in [1.54, 1.807) is 11.3 Å². The second-order valence-electron chi connectivity index (χ2n) is 6.41. The number of aromatic nitrogens is 2. The van der Waals surface area contributed by atoms with Gasteiger partial charge in [-0.25, -0.2) is 4.98 Å². The van der Waals surface area contributed by atoms with Crippen molar-refractivity contribution in [2.45, 2.75) is 13.8 Å². The van der Waals surface area contributed by atoms with E-state index >= 15 is 0 Å². The first-order valence-electron chi connectivity index (χ1n) is 8.61. The number of benzene rings is 2. The van der Waals surface area contributed by atoms with Crippen molar-refractivity contribution in [3.05, 3.63) is 71.4 Å². The number of anilines is 1. The normalized spacial score (nSPS) is 10.9. The first-order valence-corrected chi connectivity index (χ1v) is 9.49. The molecule has 0 saturated carbocycles. The average Bonchev–Trinajstić information content (AvgIpc) is 3.23. The lowest BCUT2D eigenvalue weighted by Crippen LogP contribution is -2.20. The highest BCUT2D eigenvalue weighted by molar-refractivity contribution is 7.15. The zero-order valence-electron chi connectivity index (χ0n) is 15.1. The second kappa shape index (κ2) is 7.25. The van der Waals surface area contributed by atoms with Crippen LogP contribution in [0.15, 0.2) is 60.2 Å². The van der Waals surface area contributed by atoms with Gasteiger partial charge in [-0.2, -0.15) is 0 Å². The SMILES string of the molecule is Cc1ccc(OCC(=O)Nc2cccc(-c3cn4ccsc4n3)c2)c(C)c1. The maximum Gasteiger partial charge on any atom is 0.262 e. The van der Waals surface area contributed by atoms with Crippen molar-refractivity contribution in [1.29, 1.82) is 0 Å². The van der Waals surface area contributed by atoms with Gasteiger partial charge in [-0.3, -0.25) is 9.20 Å². The van der Waals surface area contributed by atoms with Crippen LogP contribution in [0.3, 0.4) is 0 Å². The number of fused-ring (bicyclic) bond motifs is 1. The molecule has 0 aliphatic carbocycles. The highest BCUT2D eigenvalue weighted by Gasteiger charge is 2.09. The van der Waals surface area contributed by atoms with Crippen LogP contribution in [-0.2, 0) is 4.79 Å². The molecule has 0 bridgehead atoms. The Hall–Kier alpha value is -3.12. The number of carbonyl (C=O) groups excluding carboxylic acids is 1.